The Morgan fingerprint density at radius 3 is 2.43 bits per heavy atom. The molecular formula is C10H22Cl2Si2. The van der Waals surface area contributed by atoms with Gasteiger partial charge in [0.25, 0.3) is 0 Å². The van der Waals surface area contributed by atoms with Crippen molar-refractivity contribution in [3.8, 4) is 0 Å². The highest BCUT2D eigenvalue weighted by Crippen LogP contribution is 2.05. The van der Waals surface area contributed by atoms with Gasteiger partial charge in [-0.25, -0.2) is 0 Å². The molecule has 0 saturated heterocycles. The van der Waals surface area contributed by atoms with Crippen molar-refractivity contribution in [2.75, 3.05) is 11.0 Å². The summed E-state index contributed by atoms with van der Waals surface area (Å²) >= 11 is 11.3. The first-order chi connectivity index (χ1) is 6.91. The molecule has 0 atom stereocenters. The maximum atomic E-state index is 5.66. The normalized spacial score (nSPS) is 13.0. The van der Waals surface area contributed by atoms with Gasteiger partial charge >= 0.3 is 0 Å². The fourth-order valence-electron chi connectivity index (χ4n) is 1.36. The van der Waals surface area contributed by atoms with Gasteiger partial charge in [0.2, 0.25) is 0 Å². The standard InChI is InChI=1S/C10H22Cl2Si2/c11-9-13-7-5-3-1-2-4-6-8-14-10-12/h5,7H,1-4,6,8-10,13-14H2. The highest BCUT2D eigenvalue weighted by molar-refractivity contribution is 6.54. The second-order valence-corrected chi connectivity index (χ2v) is 9.03. The van der Waals surface area contributed by atoms with Gasteiger partial charge in [0, 0.05) is 20.5 Å². The molecule has 0 unspecified atom stereocenters. The number of allylic oxidation sites excluding steroid dienone is 1. The smallest absolute Gasteiger partial charge is 0.0618 e. The molecule has 0 fully saturated rings. The predicted octanol–water partition coefficient (Wildman–Crippen LogP) is 2.60. The maximum absolute atomic E-state index is 5.66. The molecule has 0 bridgehead atoms. The minimum Gasteiger partial charge on any atom is -0.131 e. The van der Waals surface area contributed by atoms with Crippen molar-refractivity contribution in [2.45, 2.75) is 38.1 Å². The van der Waals surface area contributed by atoms with E-state index in [1.54, 1.807) is 0 Å². The lowest BCUT2D eigenvalue weighted by atomic mass is 10.1. The Hall–Kier alpha value is 0.754. The lowest BCUT2D eigenvalue weighted by Gasteiger charge is -1.97. The fraction of sp³-hybridized carbons (Fsp3) is 0.800. The molecule has 0 aliphatic heterocycles. The highest BCUT2D eigenvalue weighted by Gasteiger charge is 1.89. The summed E-state index contributed by atoms with van der Waals surface area (Å²) in [6, 6.07) is 1.44. The summed E-state index contributed by atoms with van der Waals surface area (Å²) in [6.45, 7) is 0. The molecule has 0 heterocycles. The summed E-state index contributed by atoms with van der Waals surface area (Å²) in [6.07, 6.45) is 9.15. The van der Waals surface area contributed by atoms with Crippen LogP contribution in [0.2, 0.25) is 6.04 Å². The zero-order chi connectivity index (χ0) is 10.5. The molecular weight excluding hydrogens is 247 g/mol. The number of alkyl halides is 2. The summed E-state index contributed by atoms with van der Waals surface area (Å²) in [7, 11) is 0.0600. The van der Waals surface area contributed by atoms with Gasteiger partial charge in [-0.2, -0.15) is 0 Å². The van der Waals surface area contributed by atoms with Crippen molar-refractivity contribution in [2.24, 2.45) is 0 Å². The second-order valence-electron chi connectivity index (χ2n) is 3.55. The van der Waals surface area contributed by atoms with E-state index in [2.05, 4.69) is 11.8 Å². The topological polar surface area (TPSA) is 0 Å². The highest BCUT2D eigenvalue weighted by atomic mass is 35.5. The van der Waals surface area contributed by atoms with Crippen LogP contribution in [0, 0.1) is 0 Å². The minimum atomic E-state index is -0.0533. The molecule has 0 radical (unpaired) electrons. The fourth-order valence-corrected chi connectivity index (χ4v) is 3.80. The molecule has 14 heavy (non-hydrogen) atoms. The number of hydrogen-bond donors (Lipinski definition) is 0. The minimum absolute atomic E-state index is 0.0533. The van der Waals surface area contributed by atoms with Gasteiger partial charge in [-0.3, -0.25) is 0 Å². The van der Waals surface area contributed by atoms with Crippen LogP contribution in [0.15, 0.2) is 11.8 Å². The Morgan fingerprint density at radius 1 is 0.929 bits per heavy atom. The Labute approximate surface area is 103 Å². The SMILES string of the molecule is ClC[SiH2]C=CCCCCCC[SiH2]CCl. The average Bonchev–Trinajstić information content (AvgIpc) is 2.21. The molecule has 0 spiro atoms. The third-order valence-corrected chi connectivity index (χ3v) is 5.81. The lowest BCUT2D eigenvalue weighted by molar-refractivity contribution is 0.673. The van der Waals surface area contributed by atoms with Crippen molar-refractivity contribution in [1.29, 1.82) is 0 Å². The van der Waals surface area contributed by atoms with Crippen molar-refractivity contribution in [1.82, 2.24) is 0 Å². The van der Waals surface area contributed by atoms with Gasteiger partial charge in [0.15, 0.2) is 0 Å². The molecule has 0 nitrogen and oxygen atoms in total. The zero-order valence-electron chi connectivity index (χ0n) is 8.98. The molecule has 0 aromatic heterocycles. The Bertz CT molecular complexity index is 129. The summed E-state index contributed by atoms with van der Waals surface area (Å²) < 4.78 is 0. The molecule has 0 saturated carbocycles. The van der Waals surface area contributed by atoms with Crippen LogP contribution in [-0.4, -0.2) is 30.0 Å². The Morgan fingerprint density at radius 2 is 1.71 bits per heavy atom. The third-order valence-electron chi connectivity index (χ3n) is 2.20. The van der Waals surface area contributed by atoms with Crippen molar-refractivity contribution in [3.63, 3.8) is 0 Å². The quantitative estimate of drug-likeness (QED) is 0.325. The molecule has 0 rings (SSSR count). The molecule has 4 heteroatoms. The number of halogens is 2. The van der Waals surface area contributed by atoms with E-state index in [9.17, 15) is 0 Å². The molecule has 0 aliphatic rings. The van der Waals surface area contributed by atoms with Crippen LogP contribution in [0.4, 0.5) is 0 Å². The summed E-state index contributed by atoms with van der Waals surface area (Å²) in [4.78, 5) is 0. The van der Waals surface area contributed by atoms with Crippen molar-refractivity contribution in [3.05, 3.63) is 11.8 Å². The van der Waals surface area contributed by atoms with E-state index in [4.69, 9.17) is 23.2 Å². The monoisotopic (exact) mass is 268 g/mol. The number of rotatable bonds is 10. The molecule has 0 aromatic carbocycles. The van der Waals surface area contributed by atoms with Crippen molar-refractivity contribution < 1.29 is 0 Å². The van der Waals surface area contributed by atoms with E-state index in [1.165, 1.54) is 38.1 Å². The largest absolute Gasteiger partial charge is 0.131 e. The van der Waals surface area contributed by atoms with E-state index < -0.39 is 0 Å². The van der Waals surface area contributed by atoms with Gasteiger partial charge in [0.1, 0.15) is 0 Å². The van der Waals surface area contributed by atoms with Crippen molar-refractivity contribution >= 4 is 42.2 Å². The molecule has 84 valence electrons. The molecule has 0 N–H and O–H groups in total. The van der Waals surface area contributed by atoms with E-state index >= 15 is 0 Å². The molecule has 0 aromatic rings. The van der Waals surface area contributed by atoms with Crippen LogP contribution in [0.5, 0.6) is 0 Å². The average molecular weight is 269 g/mol. The third kappa shape index (κ3) is 12.8. The lowest BCUT2D eigenvalue weighted by Crippen LogP contribution is -1.90. The van der Waals surface area contributed by atoms with Gasteiger partial charge in [0.05, 0.1) is 9.52 Å². The van der Waals surface area contributed by atoms with Crippen LogP contribution < -0.4 is 0 Å². The number of unbranched alkanes of at least 4 members (excludes halogenated alkanes) is 4. The van der Waals surface area contributed by atoms with Gasteiger partial charge in [-0.05, 0) is 12.8 Å². The number of hydrogen-bond acceptors (Lipinski definition) is 0. The summed E-state index contributed by atoms with van der Waals surface area (Å²) in [5.41, 5.74) is 4.18. The first-order valence-electron chi connectivity index (χ1n) is 5.68. The Balaban J connectivity index is 2.91. The van der Waals surface area contributed by atoms with Gasteiger partial charge in [-0.15, -0.1) is 28.9 Å². The second kappa shape index (κ2) is 13.8. The zero-order valence-corrected chi connectivity index (χ0v) is 13.3. The summed E-state index contributed by atoms with van der Waals surface area (Å²) in [5.74, 6) is 0. The Kier molecular flexibility index (Phi) is 14.5. The predicted molar refractivity (Wildman–Crippen MR) is 75.6 cm³/mol. The van der Waals surface area contributed by atoms with E-state index in [0.29, 0.717) is 0 Å². The molecule has 0 amide bonds. The van der Waals surface area contributed by atoms with Crippen LogP contribution in [0.25, 0.3) is 0 Å². The summed E-state index contributed by atoms with van der Waals surface area (Å²) in [5, 5.41) is 0. The van der Waals surface area contributed by atoms with E-state index in [-0.39, 0.29) is 19.0 Å². The van der Waals surface area contributed by atoms with E-state index in [0.717, 1.165) is 11.0 Å². The van der Waals surface area contributed by atoms with E-state index in [1.807, 2.05) is 0 Å². The van der Waals surface area contributed by atoms with Crippen LogP contribution in [-0.2, 0) is 0 Å². The van der Waals surface area contributed by atoms with Gasteiger partial charge < -0.3 is 0 Å². The van der Waals surface area contributed by atoms with Crippen LogP contribution >= 0.6 is 23.2 Å². The maximum Gasteiger partial charge on any atom is 0.0618 e. The first kappa shape index (κ1) is 14.8. The van der Waals surface area contributed by atoms with Crippen LogP contribution in [0.3, 0.4) is 0 Å². The van der Waals surface area contributed by atoms with Gasteiger partial charge in [-0.1, -0.05) is 31.4 Å². The first-order valence-corrected chi connectivity index (χ1v) is 10.6. The molecule has 0 aliphatic carbocycles. The van der Waals surface area contributed by atoms with Crippen LogP contribution in [0.1, 0.15) is 32.1 Å².